The number of nitrogens with zero attached hydrogens (tertiary/aromatic N) is 2. The number of carbonyl (C=O) groups excluding carboxylic acids is 1. The molecule has 0 radical (unpaired) electrons. The van der Waals surface area contributed by atoms with E-state index in [1.54, 1.807) is 24.3 Å². The highest BCUT2D eigenvalue weighted by Crippen LogP contribution is 2.24. The summed E-state index contributed by atoms with van der Waals surface area (Å²) in [7, 11) is 0. The highest BCUT2D eigenvalue weighted by atomic mass is 16.6. The smallest absolute Gasteiger partial charge is 0.415 e. The molecule has 0 aromatic heterocycles. The zero-order valence-corrected chi connectivity index (χ0v) is 6.68. The number of nitrogens with two attached hydrogens (primary N) is 1. The van der Waals surface area contributed by atoms with Crippen molar-refractivity contribution >= 4 is 11.8 Å². The second-order valence-electron chi connectivity index (χ2n) is 2.62. The van der Waals surface area contributed by atoms with Gasteiger partial charge in [0.15, 0.2) is 0 Å². The standard InChI is InChI=1S/C8H7N3O2/c9-6-3-1-5(2-4-6)7-10-11-8(12)13-7/h1-4,7H,9H2. The van der Waals surface area contributed by atoms with Gasteiger partial charge < -0.3 is 10.5 Å². The molecule has 2 rings (SSSR count). The maximum Gasteiger partial charge on any atom is 0.454 e. The number of nitrogen functional groups attached to an aromatic ring is 1. The molecule has 1 unspecified atom stereocenters. The molecule has 1 aromatic rings. The summed E-state index contributed by atoms with van der Waals surface area (Å²) in [6.45, 7) is 0. The van der Waals surface area contributed by atoms with Crippen LogP contribution in [0.25, 0.3) is 0 Å². The number of carbonyl (C=O) groups is 1. The molecule has 1 amide bonds. The van der Waals surface area contributed by atoms with Crippen molar-refractivity contribution in [2.24, 2.45) is 10.2 Å². The fourth-order valence-electron chi connectivity index (χ4n) is 1.04. The Bertz CT molecular complexity index is 358. The van der Waals surface area contributed by atoms with E-state index in [2.05, 4.69) is 10.2 Å². The van der Waals surface area contributed by atoms with E-state index in [1.165, 1.54) is 0 Å². The fraction of sp³-hybridized carbons (Fsp3) is 0.125. The molecule has 1 heterocycles. The van der Waals surface area contributed by atoms with Gasteiger partial charge in [0, 0.05) is 11.3 Å². The first-order chi connectivity index (χ1) is 6.25. The lowest BCUT2D eigenvalue weighted by molar-refractivity contribution is 0.133. The third-order valence-electron chi connectivity index (χ3n) is 1.68. The lowest BCUT2D eigenvalue weighted by atomic mass is 10.2. The number of amides is 1. The first-order valence-corrected chi connectivity index (χ1v) is 3.72. The lowest BCUT2D eigenvalue weighted by Gasteiger charge is -2.04. The van der Waals surface area contributed by atoms with Crippen molar-refractivity contribution in [1.82, 2.24) is 0 Å². The van der Waals surface area contributed by atoms with Crippen molar-refractivity contribution in [1.29, 1.82) is 0 Å². The van der Waals surface area contributed by atoms with Crippen molar-refractivity contribution in [3.8, 4) is 0 Å². The molecule has 0 spiro atoms. The number of azo groups is 1. The van der Waals surface area contributed by atoms with Gasteiger partial charge in [-0.2, -0.15) is 0 Å². The SMILES string of the molecule is Nc1ccc(C2N=NC(=O)O2)cc1. The largest absolute Gasteiger partial charge is 0.454 e. The van der Waals surface area contributed by atoms with Crippen LogP contribution in [0, 0.1) is 0 Å². The zero-order valence-electron chi connectivity index (χ0n) is 6.68. The van der Waals surface area contributed by atoms with Crippen LogP contribution in [0.2, 0.25) is 0 Å². The zero-order chi connectivity index (χ0) is 9.26. The Morgan fingerprint density at radius 1 is 1.31 bits per heavy atom. The van der Waals surface area contributed by atoms with Crippen LogP contribution in [0.15, 0.2) is 34.5 Å². The summed E-state index contributed by atoms with van der Waals surface area (Å²) >= 11 is 0. The minimum absolute atomic E-state index is 0.604. The van der Waals surface area contributed by atoms with E-state index < -0.39 is 12.3 Å². The number of cyclic esters (lactones) is 1. The van der Waals surface area contributed by atoms with E-state index in [0.29, 0.717) is 5.69 Å². The Morgan fingerprint density at radius 3 is 2.54 bits per heavy atom. The molecule has 13 heavy (non-hydrogen) atoms. The fourth-order valence-corrected chi connectivity index (χ4v) is 1.04. The third-order valence-corrected chi connectivity index (χ3v) is 1.68. The molecule has 1 aliphatic heterocycles. The van der Waals surface area contributed by atoms with Crippen molar-refractivity contribution in [3.63, 3.8) is 0 Å². The van der Waals surface area contributed by atoms with E-state index in [0.717, 1.165) is 5.56 Å². The Labute approximate surface area is 74.2 Å². The van der Waals surface area contributed by atoms with Gasteiger partial charge in [-0.3, -0.25) is 0 Å². The van der Waals surface area contributed by atoms with Gasteiger partial charge in [-0.15, -0.1) is 5.11 Å². The van der Waals surface area contributed by atoms with Crippen molar-refractivity contribution in [2.45, 2.75) is 6.23 Å². The Kier molecular flexibility index (Phi) is 1.70. The van der Waals surface area contributed by atoms with E-state index in [4.69, 9.17) is 10.5 Å². The summed E-state index contributed by atoms with van der Waals surface area (Å²) in [5, 5.41) is 6.88. The summed E-state index contributed by atoms with van der Waals surface area (Å²) in [4.78, 5) is 10.6. The maximum atomic E-state index is 10.6. The summed E-state index contributed by atoms with van der Waals surface area (Å²) in [5.41, 5.74) is 6.92. The monoisotopic (exact) mass is 177 g/mol. The number of benzene rings is 1. The Hall–Kier alpha value is -1.91. The first kappa shape index (κ1) is 7.72. The minimum Gasteiger partial charge on any atom is -0.415 e. The number of rotatable bonds is 1. The van der Waals surface area contributed by atoms with E-state index in [9.17, 15) is 4.79 Å². The van der Waals surface area contributed by atoms with Crippen LogP contribution in [-0.2, 0) is 4.74 Å². The molecular weight excluding hydrogens is 170 g/mol. The van der Waals surface area contributed by atoms with Crippen molar-refractivity contribution in [3.05, 3.63) is 29.8 Å². The van der Waals surface area contributed by atoms with Gasteiger partial charge in [0.2, 0.25) is 6.23 Å². The molecule has 5 heteroatoms. The predicted molar refractivity (Wildman–Crippen MR) is 44.9 cm³/mol. The summed E-state index contributed by atoms with van der Waals surface area (Å²) < 4.78 is 4.77. The summed E-state index contributed by atoms with van der Waals surface area (Å²) in [6, 6.07) is 6.93. The Balaban J connectivity index is 2.22. The van der Waals surface area contributed by atoms with Crippen LogP contribution in [0.3, 0.4) is 0 Å². The number of hydrogen-bond acceptors (Lipinski definition) is 4. The predicted octanol–water partition coefficient (Wildman–Crippen LogP) is 1.87. The van der Waals surface area contributed by atoms with Gasteiger partial charge >= 0.3 is 6.09 Å². The van der Waals surface area contributed by atoms with Crippen LogP contribution in [0.4, 0.5) is 10.5 Å². The van der Waals surface area contributed by atoms with Crippen LogP contribution in [0.1, 0.15) is 11.8 Å². The van der Waals surface area contributed by atoms with Crippen LogP contribution < -0.4 is 5.73 Å². The minimum atomic E-state index is -0.651. The molecule has 0 fully saturated rings. The van der Waals surface area contributed by atoms with Gasteiger partial charge in [0.1, 0.15) is 0 Å². The van der Waals surface area contributed by atoms with Crippen LogP contribution in [0.5, 0.6) is 0 Å². The molecule has 1 aliphatic rings. The molecule has 2 N–H and O–H groups in total. The molecule has 0 aliphatic carbocycles. The number of ether oxygens (including phenoxy) is 1. The second kappa shape index (κ2) is 2.85. The lowest BCUT2D eigenvalue weighted by Crippen LogP contribution is -1.98. The molecule has 66 valence electrons. The van der Waals surface area contributed by atoms with Crippen molar-refractivity contribution in [2.75, 3.05) is 5.73 Å². The molecule has 1 aromatic carbocycles. The average molecular weight is 177 g/mol. The molecule has 1 atom stereocenters. The van der Waals surface area contributed by atoms with Gasteiger partial charge in [-0.1, -0.05) is 17.2 Å². The highest BCUT2D eigenvalue weighted by Gasteiger charge is 2.21. The quantitative estimate of drug-likeness (QED) is 0.665. The first-order valence-electron chi connectivity index (χ1n) is 3.72. The number of hydrogen-bond donors (Lipinski definition) is 1. The van der Waals surface area contributed by atoms with Crippen molar-refractivity contribution < 1.29 is 9.53 Å². The molecule has 0 bridgehead atoms. The van der Waals surface area contributed by atoms with Crippen LogP contribution >= 0.6 is 0 Å². The molecule has 0 saturated carbocycles. The highest BCUT2D eigenvalue weighted by molar-refractivity contribution is 5.69. The van der Waals surface area contributed by atoms with Gasteiger partial charge in [-0.05, 0) is 12.1 Å². The normalized spacial score (nSPS) is 20.3. The van der Waals surface area contributed by atoms with E-state index in [1.807, 2.05) is 0 Å². The molecule has 5 nitrogen and oxygen atoms in total. The topological polar surface area (TPSA) is 77.0 Å². The van der Waals surface area contributed by atoms with Crippen LogP contribution in [-0.4, -0.2) is 6.09 Å². The summed E-state index contributed by atoms with van der Waals surface area (Å²) in [6.07, 6.45) is -1.25. The van der Waals surface area contributed by atoms with Gasteiger partial charge in [0.05, 0.1) is 0 Å². The van der Waals surface area contributed by atoms with E-state index in [-0.39, 0.29) is 0 Å². The molecule has 0 saturated heterocycles. The van der Waals surface area contributed by atoms with E-state index >= 15 is 0 Å². The van der Waals surface area contributed by atoms with Gasteiger partial charge in [0.25, 0.3) is 0 Å². The third kappa shape index (κ3) is 1.48. The Morgan fingerprint density at radius 2 is 2.00 bits per heavy atom. The summed E-state index contributed by atoms with van der Waals surface area (Å²) in [5.74, 6) is 0. The molecular formula is C8H7N3O2. The number of anilines is 1. The second-order valence-corrected chi connectivity index (χ2v) is 2.62. The van der Waals surface area contributed by atoms with Gasteiger partial charge in [-0.25, -0.2) is 4.79 Å². The average Bonchev–Trinajstić information content (AvgIpc) is 2.53. The maximum absolute atomic E-state index is 10.6.